The first-order valence-corrected chi connectivity index (χ1v) is 5.54. The van der Waals surface area contributed by atoms with Crippen molar-refractivity contribution >= 4 is 0 Å². The van der Waals surface area contributed by atoms with E-state index >= 15 is 0 Å². The van der Waals surface area contributed by atoms with E-state index < -0.39 is 0 Å². The molecular weight excluding hydrogens is 176 g/mol. The summed E-state index contributed by atoms with van der Waals surface area (Å²) in [7, 11) is 1.75. The van der Waals surface area contributed by atoms with Gasteiger partial charge in [0.25, 0.3) is 0 Å². The maximum absolute atomic E-state index is 5.66. The van der Waals surface area contributed by atoms with E-state index in [0.29, 0.717) is 17.9 Å². The Balaban J connectivity index is 3.50. The van der Waals surface area contributed by atoms with Crippen LogP contribution >= 0.6 is 0 Å². The third-order valence-corrected chi connectivity index (χ3v) is 2.55. The molecule has 0 aliphatic carbocycles. The Hall–Kier alpha value is -0.120. The van der Waals surface area contributed by atoms with Crippen LogP contribution in [0.25, 0.3) is 0 Å². The molecule has 86 valence electrons. The second-order valence-corrected chi connectivity index (χ2v) is 4.39. The SMILES string of the molecule is COCC(C)CCNC(CN)C(C)C. The second-order valence-electron chi connectivity index (χ2n) is 4.39. The van der Waals surface area contributed by atoms with Gasteiger partial charge in [-0.25, -0.2) is 0 Å². The quantitative estimate of drug-likeness (QED) is 0.622. The van der Waals surface area contributed by atoms with Gasteiger partial charge in [-0.2, -0.15) is 0 Å². The molecule has 0 bridgehead atoms. The summed E-state index contributed by atoms with van der Waals surface area (Å²) in [5.41, 5.74) is 5.66. The van der Waals surface area contributed by atoms with Gasteiger partial charge in [-0.05, 0) is 24.8 Å². The van der Waals surface area contributed by atoms with Crippen molar-refractivity contribution in [3.63, 3.8) is 0 Å². The van der Waals surface area contributed by atoms with Crippen LogP contribution in [0, 0.1) is 11.8 Å². The monoisotopic (exact) mass is 202 g/mol. The molecule has 0 rings (SSSR count). The molecule has 3 N–H and O–H groups in total. The standard InChI is InChI=1S/C11H26N2O/c1-9(2)11(7-12)13-6-5-10(3)8-14-4/h9-11,13H,5-8,12H2,1-4H3. The molecule has 2 atom stereocenters. The van der Waals surface area contributed by atoms with Crippen molar-refractivity contribution in [1.82, 2.24) is 5.32 Å². The van der Waals surface area contributed by atoms with Crippen LogP contribution in [0.2, 0.25) is 0 Å². The normalized spacial score (nSPS) is 15.9. The van der Waals surface area contributed by atoms with Crippen LogP contribution in [0.15, 0.2) is 0 Å². The molecule has 0 radical (unpaired) electrons. The predicted molar refractivity (Wildman–Crippen MR) is 61.3 cm³/mol. The molecule has 0 heterocycles. The zero-order chi connectivity index (χ0) is 11.0. The summed E-state index contributed by atoms with van der Waals surface area (Å²) in [6, 6.07) is 0.449. The smallest absolute Gasteiger partial charge is 0.0488 e. The Labute approximate surface area is 88.4 Å². The van der Waals surface area contributed by atoms with Crippen molar-refractivity contribution in [2.45, 2.75) is 33.2 Å². The zero-order valence-corrected chi connectivity index (χ0v) is 10.0. The third-order valence-electron chi connectivity index (χ3n) is 2.55. The lowest BCUT2D eigenvalue weighted by Gasteiger charge is -2.21. The lowest BCUT2D eigenvalue weighted by molar-refractivity contribution is 0.154. The van der Waals surface area contributed by atoms with Crippen molar-refractivity contribution in [2.24, 2.45) is 17.6 Å². The molecule has 0 spiro atoms. The molecule has 0 saturated carbocycles. The molecule has 3 heteroatoms. The molecular formula is C11H26N2O. The first-order chi connectivity index (χ1) is 6.61. The van der Waals surface area contributed by atoms with Gasteiger partial charge in [-0.1, -0.05) is 20.8 Å². The van der Waals surface area contributed by atoms with Crippen molar-refractivity contribution < 1.29 is 4.74 Å². The average Bonchev–Trinajstić information content (AvgIpc) is 2.12. The van der Waals surface area contributed by atoms with Crippen LogP contribution in [-0.2, 0) is 4.74 Å². The highest BCUT2D eigenvalue weighted by atomic mass is 16.5. The Morgan fingerprint density at radius 1 is 1.29 bits per heavy atom. The van der Waals surface area contributed by atoms with Crippen LogP contribution in [0.1, 0.15) is 27.2 Å². The van der Waals surface area contributed by atoms with E-state index in [-0.39, 0.29) is 0 Å². The number of ether oxygens (including phenoxy) is 1. The summed E-state index contributed by atoms with van der Waals surface area (Å²) in [4.78, 5) is 0. The minimum absolute atomic E-state index is 0.449. The minimum atomic E-state index is 0.449. The second kappa shape index (κ2) is 8.21. The van der Waals surface area contributed by atoms with Gasteiger partial charge in [0, 0.05) is 26.3 Å². The van der Waals surface area contributed by atoms with Gasteiger partial charge in [0.05, 0.1) is 0 Å². The number of nitrogens with one attached hydrogen (secondary N) is 1. The third kappa shape index (κ3) is 6.35. The fourth-order valence-electron chi connectivity index (χ4n) is 1.47. The molecule has 0 aliphatic rings. The molecule has 0 amide bonds. The predicted octanol–water partition coefficient (Wildman–Crippen LogP) is 1.23. The molecule has 3 nitrogen and oxygen atoms in total. The van der Waals surface area contributed by atoms with Gasteiger partial charge in [0.1, 0.15) is 0 Å². The first-order valence-electron chi connectivity index (χ1n) is 5.54. The average molecular weight is 202 g/mol. The van der Waals surface area contributed by atoms with E-state index in [9.17, 15) is 0 Å². The van der Waals surface area contributed by atoms with Crippen molar-refractivity contribution in [1.29, 1.82) is 0 Å². The van der Waals surface area contributed by atoms with Crippen LogP contribution in [0.5, 0.6) is 0 Å². The first kappa shape index (κ1) is 13.9. The van der Waals surface area contributed by atoms with E-state index in [1.165, 1.54) is 0 Å². The van der Waals surface area contributed by atoms with Gasteiger partial charge in [0.15, 0.2) is 0 Å². The molecule has 0 aromatic heterocycles. The van der Waals surface area contributed by atoms with Gasteiger partial charge >= 0.3 is 0 Å². The molecule has 2 unspecified atom stereocenters. The summed E-state index contributed by atoms with van der Waals surface area (Å²) in [5.74, 6) is 1.23. The van der Waals surface area contributed by atoms with Crippen molar-refractivity contribution in [3.8, 4) is 0 Å². The van der Waals surface area contributed by atoms with E-state index in [1.54, 1.807) is 7.11 Å². The molecule has 0 aliphatic heterocycles. The fourth-order valence-corrected chi connectivity index (χ4v) is 1.47. The van der Waals surface area contributed by atoms with Crippen LogP contribution in [0.4, 0.5) is 0 Å². The van der Waals surface area contributed by atoms with E-state index in [2.05, 4.69) is 26.1 Å². The zero-order valence-electron chi connectivity index (χ0n) is 10.0. The lowest BCUT2D eigenvalue weighted by Crippen LogP contribution is -2.41. The highest BCUT2D eigenvalue weighted by Crippen LogP contribution is 2.03. The summed E-state index contributed by atoms with van der Waals surface area (Å²) >= 11 is 0. The maximum Gasteiger partial charge on any atom is 0.0488 e. The van der Waals surface area contributed by atoms with Crippen LogP contribution in [-0.4, -0.2) is 32.8 Å². The van der Waals surface area contributed by atoms with Crippen LogP contribution < -0.4 is 11.1 Å². The van der Waals surface area contributed by atoms with Gasteiger partial charge in [-0.3, -0.25) is 0 Å². The summed E-state index contributed by atoms with van der Waals surface area (Å²) in [6.07, 6.45) is 1.15. The Morgan fingerprint density at radius 2 is 1.93 bits per heavy atom. The number of rotatable bonds is 8. The molecule has 14 heavy (non-hydrogen) atoms. The number of hydrogen-bond donors (Lipinski definition) is 2. The molecule has 0 aromatic rings. The Bertz CT molecular complexity index is 128. The summed E-state index contributed by atoms with van der Waals surface area (Å²) in [5, 5.41) is 3.48. The maximum atomic E-state index is 5.66. The van der Waals surface area contributed by atoms with Gasteiger partial charge in [0.2, 0.25) is 0 Å². The summed E-state index contributed by atoms with van der Waals surface area (Å²) in [6.45, 7) is 9.20. The van der Waals surface area contributed by atoms with E-state index in [1.807, 2.05) is 0 Å². The van der Waals surface area contributed by atoms with Crippen molar-refractivity contribution in [2.75, 3.05) is 26.8 Å². The Morgan fingerprint density at radius 3 is 2.36 bits per heavy atom. The Kier molecular flexibility index (Phi) is 8.14. The summed E-state index contributed by atoms with van der Waals surface area (Å²) < 4.78 is 5.08. The number of nitrogens with two attached hydrogens (primary N) is 1. The highest BCUT2D eigenvalue weighted by molar-refractivity contribution is 4.71. The molecule has 0 saturated heterocycles. The van der Waals surface area contributed by atoms with E-state index in [4.69, 9.17) is 10.5 Å². The highest BCUT2D eigenvalue weighted by Gasteiger charge is 2.10. The van der Waals surface area contributed by atoms with Crippen LogP contribution in [0.3, 0.4) is 0 Å². The number of hydrogen-bond acceptors (Lipinski definition) is 3. The van der Waals surface area contributed by atoms with Gasteiger partial charge < -0.3 is 15.8 Å². The van der Waals surface area contributed by atoms with Crippen molar-refractivity contribution in [3.05, 3.63) is 0 Å². The molecule has 0 aromatic carbocycles. The van der Waals surface area contributed by atoms with E-state index in [0.717, 1.165) is 26.1 Å². The fraction of sp³-hybridized carbons (Fsp3) is 1.00. The largest absolute Gasteiger partial charge is 0.384 e. The van der Waals surface area contributed by atoms with Gasteiger partial charge in [-0.15, -0.1) is 0 Å². The number of methoxy groups -OCH3 is 1. The topological polar surface area (TPSA) is 47.3 Å². The molecule has 0 fully saturated rings. The lowest BCUT2D eigenvalue weighted by atomic mass is 10.0. The minimum Gasteiger partial charge on any atom is -0.384 e.